The first kappa shape index (κ1) is 27.0. The molecule has 202 valence electrons. The van der Waals surface area contributed by atoms with Gasteiger partial charge in [-0.1, -0.05) is 13.0 Å². The number of phenolic OH excluding ortho intramolecular Hbond substituents is 2. The smallest absolute Gasteiger partial charge is 0.331 e. The lowest BCUT2D eigenvalue weighted by Crippen LogP contribution is -2.62. The first-order chi connectivity index (χ1) is 17.6. The van der Waals surface area contributed by atoms with Crippen molar-refractivity contribution >= 4 is 18.3 Å². The summed E-state index contributed by atoms with van der Waals surface area (Å²) >= 11 is 0. The topological polar surface area (TPSA) is 192 Å². The van der Waals surface area contributed by atoms with Crippen molar-refractivity contribution in [3.8, 4) is 11.5 Å². The maximum atomic E-state index is 12.6. The largest absolute Gasteiger partial charge is 0.504 e. The van der Waals surface area contributed by atoms with Crippen molar-refractivity contribution in [1.82, 2.24) is 0 Å². The first-order valence-corrected chi connectivity index (χ1v) is 11.8. The predicted molar refractivity (Wildman–Crippen MR) is 123 cm³/mol. The Bertz CT molecular complexity index is 1070. The van der Waals surface area contributed by atoms with E-state index in [9.17, 15) is 40.2 Å². The van der Waals surface area contributed by atoms with Crippen LogP contribution in [0, 0.1) is 11.8 Å². The van der Waals surface area contributed by atoms with E-state index >= 15 is 0 Å². The van der Waals surface area contributed by atoms with E-state index in [0.717, 1.165) is 12.3 Å². The summed E-state index contributed by atoms with van der Waals surface area (Å²) in [6.07, 6.45) is -4.05. The van der Waals surface area contributed by atoms with E-state index < -0.39 is 66.8 Å². The molecule has 0 aromatic heterocycles. The van der Waals surface area contributed by atoms with Crippen molar-refractivity contribution in [2.75, 3.05) is 6.61 Å². The second kappa shape index (κ2) is 10.8. The van der Waals surface area contributed by atoms with Crippen LogP contribution in [0.5, 0.6) is 11.5 Å². The molecule has 2 heterocycles. The number of fused-ring (bicyclic) bond motifs is 1. The molecular formula is C25H30O12. The molecular weight excluding hydrogens is 492 g/mol. The van der Waals surface area contributed by atoms with E-state index in [1.807, 2.05) is 6.92 Å². The molecule has 9 atom stereocenters. The maximum absolute atomic E-state index is 12.6. The summed E-state index contributed by atoms with van der Waals surface area (Å²) in [4.78, 5) is 24.0. The number of hydrogen-bond donors (Lipinski definition) is 6. The van der Waals surface area contributed by atoms with Crippen molar-refractivity contribution < 1.29 is 59.2 Å². The fourth-order valence-corrected chi connectivity index (χ4v) is 5.07. The summed E-state index contributed by atoms with van der Waals surface area (Å²) in [5.74, 6) is -2.49. The van der Waals surface area contributed by atoms with Gasteiger partial charge in [-0.05, 0) is 42.5 Å². The number of rotatable bonds is 7. The molecule has 4 rings (SSSR count). The SMILES string of the molecule is C[C@@H]1CC[C@]2(O)C(C=O)=CO[C@@H](O[C@@H]3O[C@H](CO)[C@@H](O)[C@@H](O)[C@H]3OC(=O)/C=C/c3ccc(O)c(O)c3)[C@H]12. The summed E-state index contributed by atoms with van der Waals surface area (Å²) in [5.41, 5.74) is -1.07. The van der Waals surface area contributed by atoms with Gasteiger partial charge in [-0.25, -0.2) is 4.79 Å². The van der Waals surface area contributed by atoms with Crippen molar-refractivity contribution in [3.63, 3.8) is 0 Å². The Morgan fingerprint density at radius 1 is 1.19 bits per heavy atom. The third-order valence-corrected chi connectivity index (χ3v) is 7.15. The highest BCUT2D eigenvalue weighted by atomic mass is 16.8. The number of aromatic hydroxyl groups is 2. The number of aldehydes is 1. The van der Waals surface area contributed by atoms with Gasteiger partial charge in [0.1, 0.15) is 23.9 Å². The lowest BCUT2D eigenvalue weighted by Gasteiger charge is -2.45. The number of esters is 1. The monoisotopic (exact) mass is 522 g/mol. The summed E-state index contributed by atoms with van der Waals surface area (Å²) in [5, 5.41) is 60.8. The van der Waals surface area contributed by atoms with Gasteiger partial charge < -0.3 is 49.6 Å². The minimum atomic E-state index is -1.71. The van der Waals surface area contributed by atoms with Gasteiger partial charge in [-0.15, -0.1) is 0 Å². The molecule has 0 bridgehead atoms. The maximum Gasteiger partial charge on any atom is 0.331 e. The molecule has 3 aliphatic rings. The molecule has 12 nitrogen and oxygen atoms in total. The molecule has 2 aliphatic heterocycles. The van der Waals surface area contributed by atoms with Gasteiger partial charge in [0.15, 0.2) is 23.9 Å². The van der Waals surface area contributed by atoms with Crippen LogP contribution in [0.2, 0.25) is 0 Å². The Labute approximate surface area is 212 Å². The zero-order valence-corrected chi connectivity index (χ0v) is 19.9. The Morgan fingerprint density at radius 3 is 2.62 bits per heavy atom. The average Bonchev–Trinajstić information content (AvgIpc) is 3.19. The summed E-state index contributed by atoms with van der Waals surface area (Å²) < 4.78 is 22.4. The fraction of sp³-hybridized carbons (Fsp3) is 0.520. The van der Waals surface area contributed by atoms with Crippen LogP contribution >= 0.6 is 0 Å². The van der Waals surface area contributed by atoms with Gasteiger partial charge in [0.05, 0.1) is 24.4 Å². The Hall–Kier alpha value is -3.00. The van der Waals surface area contributed by atoms with Crippen molar-refractivity contribution in [1.29, 1.82) is 0 Å². The van der Waals surface area contributed by atoms with Gasteiger partial charge in [-0.2, -0.15) is 0 Å². The molecule has 1 saturated heterocycles. The van der Waals surface area contributed by atoms with Crippen LogP contribution in [0.1, 0.15) is 25.3 Å². The number of carbonyl (C=O) groups excluding carboxylic acids is 2. The second-order valence-corrected chi connectivity index (χ2v) is 9.49. The summed E-state index contributed by atoms with van der Waals surface area (Å²) in [6.45, 7) is 1.18. The Kier molecular flexibility index (Phi) is 7.88. The number of carbonyl (C=O) groups is 2. The van der Waals surface area contributed by atoms with Crippen molar-refractivity contribution in [2.24, 2.45) is 11.8 Å². The lowest BCUT2D eigenvalue weighted by atomic mass is 9.80. The average molecular weight is 523 g/mol. The second-order valence-electron chi connectivity index (χ2n) is 9.49. The van der Waals surface area contributed by atoms with Crippen LogP contribution in [0.4, 0.5) is 0 Å². The van der Waals surface area contributed by atoms with Crippen LogP contribution in [0.25, 0.3) is 6.08 Å². The molecule has 0 radical (unpaired) electrons. The van der Waals surface area contributed by atoms with E-state index in [-0.39, 0.29) is 17.2 Å². The Morgan fingerprint density at radius 2 is 1.95 bits per heavy atom. The minimum absolute atomic E-state index is 0.0725. The van der Waals surface area contributed by atoms with Crippen LogP contribution in [-0.2, 0) is 28.5 Å². The molecule has 0 amide bonds. The number of ether oxygens (including phenoxy) is 4. The van der Waals surface area contributed by atoms with Gasteiger partial charge >= 0.3 is 5.97 Å². The third-order valence-electron chi connectivity index (χ3n) is 7.15. The fourth-order valence-electron chi connectivity index (χ4n) is 5.07. The lowest BCUT2D eigenvalue weighted by molar-refractivity contribution is -0.347. The minimum Gasteiger partial charge on any atom is -0.504 e. The van der Waals surface area contributed by atoms with Crippen molar-refractivity contribution in [3.05, 3.63) is 41.7 Å². The molecule has 0 spiro atoms. The third kappa shape index (κ3) is 5.21. The normalized spacial score (nSPS) is 37.5. The molecule has 6 N–H and O–H groups in total. The quantitative estimate of drug-likeness (QED) is 0.119. The molecule has 1 aromatic carbocycles. The standard InChI is InChI=1S/C25H30O12/c1-12-6-7-25(33)14(9-26)11-34-23(19(12)25)37-24-22(21(32)20(31)17(10-27)35-24)36-18(30)5-3-13-2-4-15(28)16(29)8-13/h2-5,8-9,11-12,17,19-24,27-29,31-33H,6-7,10H2,1H3/b5-3+/t12-,17-,19+,20-,21-,22-,23+,24+,25+/m1/s1. The van der Waals surface area contributed by atoms with Gasteiger partial charge in [0, 0.05) is 6.08 Å². The highest BCUT2D eigenvalue weighted by molar-refractivity contribution is 5.87. The van der Waals surface area contributed by atoms with E-state index in [2.05, 4.69) is 0 Å². The summed E-state index contributed by atoms with van der Waals surface area (Å²) in [7, 11) is 0. The van der Waals surface area contributed by atoms with E-state index in [1.165, 1.54) is 24.3 Å². The molecule has 12 heteroatoms. The molecule has 37 heavy (non-hydrogen) atoms. The van der Waals surface area contributed by atoms with Crippen molar-refractivity contribution in [2.45, 2.75) is 62.4 Å². The molecule has 1 aromatic rings. The highest BCUT2D eigenvalue weighted by Crippen LogP contribution is 2.49. The van der Waals surface area contributed by atoms with Gasteiger partial charge in [0.2, 0.25) is 12.6 Å². The zero-order chi connectivity index (χ0) is 26.9. The predicted octanol–water partition coefficient (Wildman–Crippen LogP) is -0.305. The summed E-state index contributed by atoms with van der Waals surface area (Å²) in [6, 6.07) is 3.88. The Balaban J connectivity index is 1.54. The number of phenols is 2. The van der Waals surface area contributed by atoms with Gasteiger partial charge in [0.25, 0.3) is 0 Å². The molecule has 0 unspecified atom stereocenters. The van der Waals surface area contributed by atoms with Crippen LogP contribution in [-0.4, -0.2) is 92.1 Å². The van der Waals surface area contributed by atoms with E-state index in [0.29, 0.717) is 24.7 Å². The zero-order valence-electron chi connectivity index (χ0n) is 19.9. The van der Waals surface area contributed by atoms with E-state index in [4.69, 9.17) is 18.9 Å². The number of hydrogen-bond acceptors (Lipinski definition) is 12. The first-order valence-electron chi connectivity index (χ1n) is 11.8. The number of aliphatic hydroxyl groups is 4. The molecule has 2 fully saturated rings. The van der Waals surface area contributed by atoms with E-state index in [1.54, 1.807) is 0 Å². The van der Waals surface area contributed by atoms with Crippen LogP contribution in [0.15, 0.2) is 36.1 Å². The number of aliphatic hydroxyl groups excluding tert-OH is 3. The molecule has 1 saturated carbocycles. The molecule has 1 aliphatic carbocycles. The van der Waals surface area contributed by atoms with Crippen LogP contribution < -0.4 is 0 Å². The van der Waals surface area contributed by atoms with Crippen LogP contribution in [0.3, 0.4) is 0 Å². The van der Waals surface area contributed by atoms with Gasteiger partial charge in [-0.3, -0.25) is 4.79 Å². The number of benzene rings is 1. The highest BCUT2D eigenvalue weighted by Gasteiger charge is 2.57.